The Labute approximate surface area is 196 Å². The molecule has 2 aromatic heterocycles. The molecule has 0 aliphatic rings. The average molecular weight is 464 g/mol. The summed E-state index contributed by atoms with van der Waals surface area (Å²) >= 11 is 6.19. The molecule has 0 atom stereocenters. The second-order valence-electron chi connectivity index (χ2n) is 7.33. The molecule has 2 heterocycles. The molecule has 2 N–H and O–H groups in total. The molecule has 1 amide bonds. The molecular weight excluding hydrogens is 442 g/mol. The number of hydrogen-bond donors (Lipinski definition) is 2. The number of aliphatic hydroxyl groups excluding tert-OH is 1. The van der Waals surface area contributed by atoms with Gasteiger partial charge >= 0.3 is 0 Å². The normalized spacial score (nSPS) is 11.2. The predicted molar refractivity (Wildman–Crippen MR) is 128 cm³/mol. The van der Waals surface area contributed by atoms with E-state index >= 15 is 0 Å². The van der Waals surface area contributed by atoms with Gasteiger partial charge in [0.25, 0.3) is 0 Å². The summed E-state index contributed by atoms with van der Waals surface area (Å²) in [5.74, 6) is 2.45. The van der Waals surface area contributed by atoms with Crippen molar-refractivity contribution in [2.24, 2.45) is 0 Å². The first-order chi connectivity index (χ1) is 16.0. The van der Waals surface area contributed by atoms with Gasteiger partial charge in [-0.05, 0) is 61.0 Å². The minimum Gasteiger partial charge on any atom is -0.496 e. The lowest BCUT2D eigenvalue weighted by molar-refractivity contribution is -0.111. The van der Waals surface area contributed by atoms with E-state index in [1.807, 2.05) is 31.2 Å². The van der Waals surface area contributed by atoms with Crippen LogP contribution < -0.4 is 10.1 Å². The molecule has 0 spiro atoms. The molecule has 4 aromatic rings. The number of rotatable bonds is 7. The zero-order chi connectivity index (χ0) is 23.4. The van der Waals surface area contributed by atoms with E-state index in [4.69, 9.17) is 25.2 Å². The smallest absolute Gasteiger partial charge is 0.248 e. The molecular formula is C26H22ClNO5. The van der Waals surface area contributed by atoms with Gasteiger partial charge in [-0.2, -0.15) is 0 Å². The highest BCUT2D eigenvalue weighted by Crippen LogP contribution is 2.34. The Kier molecular flexibility index (Phi) is 6.68. The van der Waals surface area contributed by atoms with Gasteiger partial charge in [0.05, 0.1) is 12.7 Å². The minimum atomic E-state index is -0.318. The summed E-state index contributed by atoms with van der Waals surface area (Å²) < 4.78 is 16.8. The highest BCUT2D eigenvalue weighted by Gasteiger charge is 2.12. The van der Waals surface area contributed by atoms with Crippen LogP contribution in [0.4, 0.5) is 5.69 Å². The topological polar surface area (TPSA) is 84.8 Å². The van der Waals surface area contributed by atoms with E-state index in [2.05, 4.69) is 5.32 Å². The lowest BCUT2D eigenvalue weighted by atomic mass is 10.1. The summed E-state index contributed by atoms with van der Waals surface area (Å²) in [5.41, 5.74) is 3.13. The number of ether oxygens (including phenoxy) is 1. The molecule has 0 saturated heterocycles. The van der Waals surface area contributed by atoms with Gasteiger partial charge in [0.15, 0.2) is 0 Å². The third-order valence-corrected chi connectivity index (χ3v) is 5.44. The highest BCUT2D eigenvalue weighted by atomic mass is 35.5. The van der Waals surface area contributed by atoms with E-state index in [0.29, 0.717) is 45.1 Å². The lowest BCUT2D eigenvalue weighted by Crippen LogP contribution is -2.07. The number of methoxy groups -OCH3 is 1. The summed E-state index contributed by atoms with van der Waals surface area (Å²) in [6.45, 7) is 1.76. The summed E-state index contributed by atoms with van der Waals surface area (Å²) in [5, 5.41) is 12.7. The van der Waals surface area contributed by atoms with Crippen molar-refractivity contribution in [1.29, 1.82) is 0 Å². The number of anilines is 1. The number of halogens is 1. The molecule has 0 radical (unpaired) electrons. The number of nitrogens with one attached hydrogen (secondary N) is 1. The van der Waals surface area contributed by atoms with Crippen LogP contribution in [-0.2, 0) is 11.4 Å². The summed E-state index contributed by atoms with van der Waals surface area (Å²) in [6, 6.07) is 18.0. The molecule has 0 unspecified atom stereocenters. The van der Waals surface area contributed by atoms with Crippen LogP contribution >= 0.6 is 11.6 Å². The van der Waals surface area contributed by atoms with Gasteiger partial charge in [-0.3, -0.25) is 4.79 Å². The highest BCUT2D eigenvalue weighted by molar-refractivity contribution is 6.31. The molecule has 0 bridgehead atoms. The first-order valence-electron chi connectivity index (χ1n) is 10.2. The van der Waals surface area contributed by atoms with E-state index in [1.54, 1.807) is 42.5 Å². The Bertz CT molecular complexity index is 1320. The fourth-order valence-corrected chi connectivity index (χ4v) is 3.45. The van der Waals surface area contributed by atoms with Crippen LogP contribution in [0.2, 0.25) is 5.02 Å². The molecule has 0 aliphatic carbocycles. The maximum atomic E-state index is 12.4. The van der Waals surface area contributed by atoms with Crippen LogP contribution in [0.3, 0.4) is 0 Å². The summed E-state index contributed by atoms with van der Waals surface area (Å²) in [4.78, 5) is 12.4. The van der Waals surface area contributed by atoms with E-state index in [0.717, 1.165) is 11.1 Å². The fraction of sp³-hybridized carbons (Fsp3) is 0.115. The van der Waals surface area contributed by atoms with Crippen molar-refractivity contribution in [3.63, 3.8) is 0 Å². The number of carbonyl (C=O) groups excluding carboxylic acids is 1. The maximum absolute atomic E-state index is 12.4. The predicted octanol–water partition coefficient (Wildman–Crippen LogP) is 6.32. The largest absolute Gasteiger partial charge is 0.496 e. The van der Waals surface area contributed by atoms with Crippen LogP contribution in [0.1, 0.15) is 17.1 Å². The van der Waals surface area contributed by atoms with Crippen molar-refractivity contribution in [3.05, 3.63) is 88.8 Å². The van der Waals surface area contributed by atoms with Crippen LogP contribution in [-0.4, -0.2) is 18.1 Å². The SMILES string of the molecule is COc1cc(NC(=O)/C=C/c2ccc(-c3ccc(C)c(Cl)c3)o2)ccc1-c1ccc(CO)o1. The summed E-state index contributed by atoms with van der Waals surface area (Å²) in [7, 11) is 1.54. The minimum absolute atomic E-state index is 0.182. The Morgan fingerprint density at radius 1 is 1.06 bits per heavy atom. The standard InChI is InChI=1S/C26H22ClNO5/c1-16-3-4-17(13-22(16)27)23-10-6-19(32-23)8-12-26(30)28-18-5-9-21(25(14-18)31-2)24-11-7-20(15-29)33-24/h3-14,29H,15H2,1-2H3,(H,28,30)/b12-8+. The fourth-order valence-electron chi connectivity index (χ4n) is 3.27. The zero-order valence-corrected chi connectivity index (χ0v) is 18.8. The quantitative estimate of drug-likeness (QED) is 0.313. The van der Waals surface area contributed by atoms with Gasteiger partial charge in [-0.15, -0.1) is 0 Å². The van der Waals surface area contributed by atoms with Crippen molar-refractivity contribution in [1.82, 2.24) is 0 Å². The third kappa shape index (κ3) is 5.19. The van der Waals surface area contributed by atoms with Gasteiger partial charge in [-0.25, -0.2) is 0 Å². The summed E-state index contributed by atoms with van der Waals surface area (Å²) in [6.07, 6.45) is 2.99. The van der Waals surface area contributed by atoms with Crippen LogP contribution in [0.25, 0.3) is 28.7 Å². The monoisotopic (exact) mass is 463 g/mol. The Morgan fingerprint density at radius 3 is 2.61 bits per heavy atom. The van der Waals surface area contributed by atoms with Crippen molar-refractivity contribution in [2.75, 3.05) is 12.4 Å². The van der Waals surface area contributed by atoms with Crippen molar-refractivity contribution >= 4 is 29.3 Å². The first-order valence-corrected chi connectivity index (χ1v) is 10.6. The molecule has 2 aromatic carbocycles. The van der Waals surface area contributed by atoms with Crippen molar-refractivity contribution < 1.29 is 23.5 Å². The van der Waals surface area contributed by atoms with E-state index < -0.39 is 0 Å². The number of amides is 1. The van der Waals surface area contributed by atoms with E-state index in [-0.39, 0.29) is 12.5 Å². The van der Waals surface area contributed by atoms with Gasteiger partial charge in [0, 0.05) is 28.4 Å². The van der Waals surface area contributed by atoms with Crippen LogP contribution in [0, 0.1) is 6.92 Å². The van der Waals surface area contributed by atoms with Gasteiger partial charge < -0.3 is 24.0 Å². The Hall–Kier alpha value is -3.74. The second kappa shape index (κ2) is 9.81. The van der Waals surface area contributed by atoms with E-state index in [9.17, 15) is 9.90 Å². The number of furan rings is 2. The van der Waals surface area contributed by atoms with Crippen molar-refractivity contribution in [3.8, 4) is 28.4 Å². The number of carbonyl (C=O) groups is 1. The second-order valence-corrected chi connectivity index (χ2v) is 7.73. The molecule has 0 fully saturated rings. The number of aryl methyl sites for hydroxylation is 1. The van der Waals surface area contributed by atoms with E-state index in [1.165, 1.54) is 13.2 Å². The van der Waals surface area contributed by atoms with Gasteiger partial charge in [0.1, 0.15) is 35.4 Å². The molecule has 168 valence electrons. The van der Waals surface area contributed by atoms with Crippen LogP contribution in [0.5, 0.6) is 5.75 Å². The molecule has 0 saturated carbocycles. The molecule has 0 aliphatic heterocycles. The number of benzene rings is 2. The molecule has 7 heteroatoms. The Morgan fingerprint density at radius 2 is 1.88 bits per heavy atom. The van der Waals surface area contributed by atoms with Gasteiger partial charge in [0.2, 0.25) is 5.91 Å². The maximum Gasteiger partial charge on any atom is 0.248 e. The third-order valence-electron chi connectivity index (χ3n) is 5.03. The molecule has 4 rings (SSSR count). The average Bonchev–Trinajstić information content (AvgIpc) is 3.49. The zero-order valence-electron chi connectivity index (χ0n) is 18.1. The number of hydrogen-bond acceptors (Lipinski definition) is 5. The lowest BCUT2D eigenvalue weighted by Gasteiger charge is -2.09. The Balaban J connectivity index is 1.44. The van der Waals surface area contributed by atoms with Crippen molar-refractivity contribution in [2.45, 2.75) is 13.5 Å². The van der Waals surface area contributed by atoms with Crippen LogP contribution in [0.15, 0.2) is 75.6 Å². The molecule has 33 heavy (non-hydrogen) atoms. The van der Waals surface area contributed by atoms with Gasteiger partial charge in [-0.1, -0.05) is 23.7 Å². The number of aliphatic hydroxyl groups is 1. The first kappa shape index (κ1) is 22.5. The molecule has 6 nitrogen and oxygen atoms in total.